The summed E-state index contributed by atoms with van der Waals surface area (Å²) in [6, 6.07) is 5.04. The van der Waals surface area contributed by atoms with Gasteiger partial charge >= 0.3 is 0 Å². The third kappa shape index (κ3) is 3.00. The van der Waals surface area contributed by atoms with E-state index >= 15 is 0 Å². The Kier molecular flexibility index (Phi) is 3.84. The van der Waals surface area contributed by atoms with Crippen molar-refractivity contribution in [1.29, 1.82) is 0 Å². The van der Waals surface area contributed by atoms with Gasteiger partial charge in [-0.1, -0.05) is 32.4 Å². The molecule has 4 nitrogen and oxygen atoms in total. The lowest BCUT2D eigenvalue weighted by molar-refractivity contribution is -0.129. The van der Waals surface area contributed by atoms with Crippen molar-refractivity contribution in [2.75, 3.05) is 6.61 Å². The number of ketones is 1. The Hall–Kier alpha value is -1.84. The maximum absolute atomic E-state index is 12.6. The van der Waals surface area contributed by atoms with E-state index in [2.05, 4.69) is 5.32 Å². The van der Waals surface area contributed by atoms with E-state index in [1.165, 1.54) is 0 Å². The molecule has 0 bridgehead atoms. The fraction of sp³-hybridized carbons (Fsp3) is 0.500. The minimum atomic E-state index is -0.511. The molecule has 0 saturated heterocycles. The molecule has 1 amide bonds. The third-order valence-corrected chi connectivity index (χ3v) is 3.37. The first kappa shape index (κ1) is 14.6. The van der Waals surface area contributed by atoms with Crippen molar-refractivity contribution >= 4 is 11.7 Å². The molecular formula is C16H21NO3. The number of Topliss-reactive ketones (excluding diaryl/α,β-unsaturated/α-hetero) is 1. The summed E-state index contributed by atoms with van der Waals surface area (Å²) in [5.41, 5.74) is 1.05. The van der Waals surface area contributed by atoms with Gasteiger partial charge in [0.1, 0.15) is 5.75 Å². The largest absolute Gasteiger partial charge is 0.493 e. The number of amides is 1. The first-order valence-electron chi connectivity index (χ1n) is 6.87. The Morgan fingerprint density at radius 1 is 1.35 bits per heavy atom. The zero-order valence-electron chi connectivity index (χ0n) is 12.4. The molecule has 1 aromatic carbocycles. The van der Waals surface area contributed by atoms with Gasteiger partial charge in [-0.15, -0.1) is 0 Å². The fourth-order valence-corrected chi connectivity index (χ4v) is 2.08. The fourth-order valence-electron chi connectivity index (χ4n) is 2.08. The number of fused-ring (bicyclic) bond motifs is 1. The second-order valence-electron chi connectivity index (χ2n) is 6.28. The molecule has 1 aromatic rings. The van der Waals surface area contributed by atoms with Gasteiger partial charge in [0, 0.05) is 11.8 Å². The summed E-state index contributed by atoms with van der Waals surface area (Å²) in [5, 5.41) is 2.84. The topological polar surface area (TPSA) is 55.4 Å². The summed E-state index contributed by atoms with van der Waals surface area (Å²) >= 11 is 0. The summed E-state index contributed by atoms with van der Waals surface area (Å²) < 4.78 is 5.60. The van der Waals surface area contributed by atoms with Crippen LogP contribution in [0.5, 0.6) is 5.75 Å². The molecule has 0 aliphatic carbocycles. The number of rotatable bonds is 1. The molecular weight excluding hydrogens is 254 g/mol. The van der Waals surface area contributed by atoms with Crippen LogP contribution in [0.3, 0.4) is 0 Å². The summed E-state index contributed by atoms with van der Waals surface area (Å²) in [7, 11) is 0. The molecule has 1 heterocycles. The van der Waals surface area contributed by atoms with Crippen molar-refractivity contribution < 1.29 is 14.3 Å². The predicted molar refractivity (Wildman–Crippen MR) is 77.0 cm³/mol. The van der Waals surface area contributed by atoms with Gasteiger partial charge in [-0.3, -0.25) is 9.59 Å². The molecule has 0 fully saturated rings. The van der Waals surface area contributed by atoms with E-state index in [1.807, 2.05) is 45.9 Å². The molecule has 1 aliphatic rings. The van der Waals surface area contributed by atoms with Gasteiger partial charge in [0.05, 0.1) is 18.2 Å². The van der Waals surface area contributed by atoms with Crippen LogP contribution in [0.15, 0.2) is 18.2 Å². The van der Waals surface area contributed by atoms with Crippen LogP contribution in [-0.2, 0) is 4.79 Å². The van der Waals surface area contributed by atoms with Crippen LogP contribution in [0.1, 0.15) is 43.1 Å². The van der Waals surface area contributed by atoms with Gasteiger partial charge in [-0.05, 0) is 19.1 Å². The van der Waals surface area contributed by atoms with Gasteiger partial charge in [-0.2, -0.15) is 0 Å². The van der Waals surface area contributed by atoms with Crippen LogP contribution in [0.25, 0.3) is 0 Å². The van der Waals surface area contributed by atoms with Gasteiger partial charge in [0.2, 0.25) is 5.91 Å². The second-order valence-corrected chi connectivity index (χ2v) is 6.28. The molecule has 1 aliphatic heterocycles. The molecule has 1 atom stereocenters. The summed E-state index contributed by atoms with van der Waals surface area (Å²) in [6.45, 7) is 7.85. The predicted octanol–water partition coefficient (Wildman–Crippen LogP) is 2.49. The summed E-state index contributed by atoms with van der Waals surface area (Å²) in [5.74, 6) is 0.416. The van der Waals surface area contributed by atoms with E-state index in [-0.39, 0.29) is 11.7 Å². The molecule has 1 unspecified atom stereocenters. The Balaban J connectivity index is 2.25. The van der Waals surface area contributed by atoms with Crippen molar-refractivity contribution in [2.45, 2.75) is 40.2 Å². The van der Waals surface area contributed by atoms with Crippen molar-refractivity contribution in [3.05, 3.63) is 29.3 Å². The van der Waals surface area contributed by atoms with Gasteiger partial charge in [-0.25, -0.2) is 0 Å². The second kappa shape index (κ2) is 5.27. The number of carbonyl (C=O) groups is 2. The van der Waals surface area contributed by atoms with Crippen LogP contribution in [0.4, 0.5) is 0 Å². The number of ether oxygens (including phenoxy) is 1. The van der Waals surface area contributed by atoms with E-state index in [0.29, 0.717) is 24.3 Å². The van der Waals surface area contributed by atoms with Crippen molar-refractivity contribution in [1.82, 2.24) is 5.32 Å². The van der Waals surface area contributed by atoms with Crippen molar-refractivity contribution in [2.24, 2.45) is 5.41 Å². The lowest BCUT2D eigenvalue weighted by Gasteiger charge is -2.22. The van der Waals surface area contributed by atoms with E-state index in [1.54, 1.807) is 0 Å². The van der Waals surface area contributed by atoms with E-state index in [0.717, 1.165) is 5.56 Å². The van der Waals surface area contributed by atoms with Crippen LogP contribution >= 0.6 is 0 Å². The van der Waals surface area contributed by atoms with Crippen LogP contribution in [0, 0.1) is 12.3 Å². The molecule has 1 N–H and O–H groups in total. The Bertz CT molecular complexity index is 543. The van der Waals surface area contributed by atoms with Gasteiger partial charge in [0.25, 0.3) is 0 Å². The smallest absolute Gasteiger partial charge is 0.225 e. The number of benzene rings is 1. The first-order chi connectivity index (χ1) is 9.29. The quantitative estimate of drug-likeness (QED) is 0.856. The monoisotopic (exact) mass is 275 g/mol. The minimum absolute atomic E-state index is 0.0706. The number of carbonyl (C=O) groups excluding carboxylic acids is 2. The highest BCUT2D eigenvalue weighted by atomic mass is 16.5. The maximum atomic E-state index is 12.6. The Morgan fingerprint density at radius 3 is 2.70 bits per heavy atom. The molecule has 0 aromatic heterocycles. The number of aryl methyl sites for hydroxylation is 1. The molecule has 20 heavy (non-hydrogen) atoms. The molecule has 0 radical (unpaired) electrons. The van der Waals surface area contributed by atoms with Crippen molar-refractivity contribution in [3.63, 3.8) is 0 Å². The summed E-state index contributed by atoms with van der Waals surface area (Å²) in [4.78, 5) is 24.6. The van der Waals surface area contributed by atoms with Crippen LogP contribution < -0.4 is 10.1 Å². The number of nitrogens with one attached hydrogen (secondary N) is 1. The van der Waals surface area contributed by atoms with Crippen LogP contribution in [-0.4, -0.2) is 24.3 Å². The average Bonchev–Trinajstić information content (AvgIpc) is 2.50. The van der Waals surface area contributed by atoms with Crippen molar-refractivity contribution in [3.8, 4) is 5.75 Å². The molecule has 2 rings (SSSR count). The van der Waals surface area contributed by atoms with E-state index < -0.39 is 11.5 Å². The highest BCUT2D eigenvalue weighted by Crippen LogP contribution is 2.26. The minimum Gasteiger partial charge on any atom is -0.493 e. The summed E-state index contributed by atoms with van der Waals surface area (Å²) in [6.07, 6.45) is 0.494. The van der Waals surface area contributed by atoms with Crippen LogP contribution in [0.2, 0.25) is 0 Å². The lowest BCUT2D eigenvalue weighted by atomic mass is 9.93. The molecule has 108 valence electrons. The average molecular weight is 275 g/mol. The third-order valence-electron chi connectivity index (χ3n) is 3.37. The molecule has 0 spiro atoms. The highest BCUT2D eigenvalue weighted by molar-refractivity contribution is 6.04. The number of hydrogen-bond acceptors (Lipinski definition) is 3. The standard InChI is InChI=1S/C16H21NO3/c1-10-5-6-13-11(9-10)14(18)12(7-8-20-13)17-15(19)16(2,3)4/h5-6,9,12H,7-8H2,1-4H3,(H,17,19). The number of hydrogen-bond donors (Lipinski definition) is 1. The first-order valence-corrected chi connectivity index (χ1v) is 6.87. The molecule has 0 saturated carbocycles. The zero-order valence-corrected chi connectivity index (χ0v) is 12.4. The lowest BCUT2D eigenvalue weighted by Crippen LogP contribution is -2.45. The normalized spacial score (nSPS) is 18.8. The molecule has 4 heteroatoms. The highest BCUT2D eigenvalue weighted by Gasteiger charge is 2.31. The Labute approximate surface area is 119 Å². The van der Waals surface area contributed by atoms with Gasteiger partial charge < -0.3 is 10.1 Å². The van der Waals surface area contributed by atoms with E-state index in [9.17, 15) is 9.59 Å². The zero-order chi connectivity index (χ0) is 14.9. The van der Waals surface area contributed by atoms with Gasteiger partial charge in [0.15, 0.2) is 5.78 Å². The SMILES string of the molecule is Cc1ccc2c(c1)C(=O)C(NC(=O)C(C)(C)C)CCO2. The van der Waals surface area contributed by atoms with E-state index in [4.69, 9.17) is 4.74 Å². The Morgan fingerprint density at radius 2 is 2.05 bits per heavy atom. The maximum Gasteiger partial charge on any atom is 0.225 e.